The number of hydrogen-bond donors (Lipinski definition) is 3. The number of nitrogens with zero attached hydrogens (tertiary/aromatic N) is 5. The van der Waals surface area contributed by atoms with E-state index >= 15 is 0 Å². The molecule has 1 aromatic heterocycles. The van der Waals surface area contributed by atoms with Crippen molar-refractivity contribution in [1.29, 1.82) is 0 Å². The fourth-order valence-electron chi connectivity index (χ4n) is 9.71. The van der Waals surface area contributed by atoms with Gasteiger partial charge in [0, 0.05) is 18.8 Å². The van der Waals surface area contributed by atoms with Crippen molar-refractivity contribution in [2.24, 2.45) is 11.8 Å². The Balaban J connectivity index is 0.801. The molecule has 344 valence electrons. The van der Waals surface area contributed by atoms with Crippen LogP contribution in [0.3, 0.4) is 0 Å². The number of benzene rings is 3. The van der Waals surface area contributed by atoms with Gasteiger partial charge in [0.2, 0.25) is 11.9 Å². The summed E-state index contributed by atoms with van der Waals surface area (Å²) >= 11 is 6.49. The predicted molar refractivity (Wildman–Crippen MR) is 253 cm³/mol. The summed E-state index contributed by atoms with van der Waals surface area (Å²) in [4.78, 5) is 55.0. The summed E-state index contributed by atoms with van der Waals surface area (Å²) in [6.45, 7) is 14.9. The number of hydrogen-bond acceptors (Lipinski definition) is 12. The average molecular weight is 924 g/mol. The van der Waals surface area contributed by atoms with Gasteiger partial charge in [-0.2, -0.15) is 4.98 Å². The number of ether oxygens (including phenoxy) is 1. The molecule has 0 bridgehead atoms. The van der Waals surface area contributed by atoms with Crippen LogP contribution in [0.4, 0.5) is 23.1 Å². The molecule has 0 aliphatic carbocycles. The zero-order valence-corrected chi connectivity index (χ0v) is 39.2. The summed E-state index contributed by atoms with van der Waals surface area (Å²) in [6, 6.07) is 15.5. The van der Waals surface area contributed by atoms with Crippen LogP contribution >= 0.6 is 11.6 Å². The number of imide groups is 1. The van der Waals surface area contributed by atoms with Crippen LogP contribution in [-0.4, -0.2) is 102 Å². The molecule has 16 heteroatoms. The molecule has 3 fully saturated rings. The van der Waals surface area contributed by atoms with Gasteiger partial charge in [0.15, 0.2) is 15.7 Å². The lowest BCUT2D eigenvalue weighted by Crippen LogP contribution is -2.51. The van der Waals surface area contributed by atoms with Gasteiger partial charge in [-0.05, 0) is 157 Å². The molecule has 65 heavy (non-hydrogen) atoms. The highest BCUT2D eigenvalue weighted by Gasteiger charge is 2.45. The molecular weight excluding hydrogens is 864 g/mol. The third-order valence-electron chi connectivity index (χ3n) is 13.6. The average Bonchev–Trinajstić information content (AvgIpc) is 3.54. The Labute approximate surface area is 387 Å². The van der Waals surface area contributed by atoms with E-state index in [1.165, 1.54) is 31.0 Å². The molecule has 0 spiro atoms. The number of amides is 3. The number of carbonyl (C=O) groups excluding carboxylic acids is 3. The molecule has 1 unspecified atom stereocenters. The fourth-order valence-corrected chi connectivity index (χ4v) is 11.1. The summed E-state index contributed by atoms with van der Waals surface area (Å²) < 4.78 is 31.9. The number of sulfone groups is 1. The Morgan fingerprint density at radius 1 is 0.892 bits per heavy atom. The lowest BCUT2D eigenvalue weighted by Gasteiger charge is -2.37. The standard InChI is InChI=1S/C49H59ClN8O6S/c1-30(2)65(62,63)43-12-7-6-11-39(43)53-45-38(50)28-51-49(55-45)54-40-25-31(3)35(27-42(40)64-5)19-24-56-20-15-33(16-21-56)26-34-17-22-57(23-18-34)29-36-9-8-10-37-44(36)48(61)58(47(37)60)41-14-13-32(4)52-46(41)59/h6-12,25,27-28,30,33-34,41H,4,13-24,26,29H2,1-3,5H3,(H,52,59)(H2,51,53,54,55). The van der Waals surface area contributed by atoms with Crippen LogP contribution in [-0.2, 0) is 27.6 Å². The number of aryl methyl sites for hydroxylation is 1. The van der Waals surface area contributed by atoms with Crippen LogP contribution in [0.5, 0.6) is 5.75 Å². The topological polar surface area (TPSA) is 166 Å². The number of piperidine rings is 3. The zero-order valence-electron chi connectivity index (χ0n) is 37.7. The van der Waals surface area contributed by atoms with E-state index in [0.29, 0.717) is 65.2 Å². The Morgan fingerprint density at radius 2 is 1.60 bits per heavy atom. The molecule has 4 aliphatic rings. The summed E-state index contributed by atoms with van der Waals surface area (Å²) in [5.74, 6) is 1.50. The van der Waals surface area contributed by atoms with Crippen molar-refractivity contribution < 1.29 is 27.5 Å². The van der Waals surface area contributed by atoms with Gasteiger partial charge >= 0.3 is 0 Å². The lowest BCUT2D eigenvalue weighted by atomic mass is 9.82. The van der Waals surface area contributed by atoms with E-state index in [4.69, 9.17) is 16.3 Å². The number of carbonyl (C=O) groups is 3. The van der Waals surface area contributed by atoms with Crippen molar-refractivity contribution >= 4 is 62.3 Å². The maximum Gasteiger partial charge on any atom is 0.262 e. The normalized spacial score (nSPS) is 19.2. The van der Waals surface area contributed by atoms with Crippen LogP contribution in [0.2, 0.25) is 5.02 Å². The van der Waals surface area contributed by atoms with E-state index in [1.807, 2.05) is 18.2 Å². The van der Waals surface area contributed by atoms with Crippen molar-refractivity contribution in [2.75, 3.05) is 50.5 Å². The van der Waals surface area contributed by atoms with Gasteiger partial charge in [0.1, 0.15) is 16.8 Å². The number of likely N-dealkylation sites (tertiary alicyclic amines) is 2. The van der Waals surface area contributed by atoms with Gasteiger partial charge in [0.25, 0.3) is 11.8 Å². The Morgan fingerprint density at radius 3 is 2.29 bits per heavy atom. The first-order valence-corrected chi connectivity index (χ1v) is 24.6. The van der Waals surface area contributed by atoms with E-state index in [2.05, 4.69) is 55.3 Å². The number of anilines is 4. The molecule has 14 nitrogen and oxygen atoms in total. The molecular formula is C49H59ClN8O6S. The smallest absolute Gasteiger partial charge is 0.262 e. The molecule has 0 saturated carbocycles. The van der Waals surface area contributed by atoms with Gasteiger partial charge in [-0.15, -0.1) is 0 Å². The molecule has 4 aliphatic heterocycles. The lowest BCUT2D eigenvalue weighted by molar-refractivity contribution is -0.125. The Bertz CT molecular complexity index is 2590. The van der Waals surface area contributed by atoms with Gasteiger partial charge in [-0.1, -0.05) is 42.4 Å². The first-order chi connectivity index (χ1) is 31.2. The minimum Gasteiger partial charge on any atom is -0.495 e. The monoisotopic (exact) mass is 922 g/mol. The van der Waals surface area contributed by atoms with Crippen molar-refractivity contribution in [3.63, 3.8) is 0 Å². The molecule has 3 amide bonds. The number of para-hydroxylation sites is 1. The van der Waals surface area contributed by atoms with Crippen LogP contribution < -0.4 is 20.7 Å². The van der Waals surface area contributed by atoms with Gasteiger partial charge < -0.3 is 25.6 Å². The maximum atomic E-state index is 13.7. The van der Waals surface area contributed by atoms with Crippen molar-refractivity contribution in [1.82, 2.24) is 30.0 Å². The van der Waals surface area contributed by atoms with Crippen LogP contribution in [0.25, 0.3) is 0 Å². The summed E-state index contributed by atoms with van der Waals surface area (Å²) in [6.07, 6.45) is 9.16. The highest BCUT2D eigenvalue weighted by atomic mass is 35.5. The second-order valence-electron chi connectivity index (χ2n) is 18.2. The van der Waals surface area contributed by atoms with E-state index in [9.17, 15) is 22.8 Å². The number of nitrogens with one attached hydrogen (secondary N) is 3. The van der Waals surface area contributed by atoms with Crippen molar-refractivity contribution in [3.8, 4) is 5.75 Å². The minimum atomic E-state index is -3.56. The van der Waals surface area contributed by atoms with Gasteiger partial charge in [-0.25, -0.2) is 13.4 Å². The molecule has 3 saturated heterocycles. The second kappa shape index (κ2) is 19.6. The SMILES string of the molecule is C=C1CCC(N2C(=O)c3cccc(CN4CCC(CC5CCN(CCc6cc(OC)c(Nc7ncc(Cl)c(Nc8ccccc8S(=O)(=O)C(C)C)n7)cc6C)CC5)CC4)c3C2=O)C(=O)N1. The number of rotatable bonds is 15. The first-order valence-electron chi connectivity index (χ1n) is 22.7. The third-order valence-corrected chi connectivity index (χ3v) is 16.0. The molecule has 3 aromatic carbocycles. The van der Waals surface area contributed by atoms with E-state index < -0.39 is 21.1 Å². The van der Waals surface area contributed by atoms with Crippen molar-refractivity contribution in [2.45, 2.75) is 94.9 Å². The van der Waals surface area contributed by atoms with Gasteiger partial charge in [0.05, 0.1) is 46.0 Å². The van der Waals surface area contributed by atoms with Crippen LogP contribution in [0, 0.1) is 18.8 Å². The quantitative estimate of drug-likeness (QED) is 0.0984. The molecule has 3 N–H and O–H groups in total. The van der Waals surface area contributed by atoms with E-state index in [1.54, 1.807) is 51.3 Å². The summed E-state index contributed by atoms with van der Waals surface area (Å²) in [7, 11) is -1.92. The summed E-state index contributed by atoms with van der Waals surface area (Å²) in [5.41, 5.74) is 5.72. The number of halogens is 1. The van der Waals surface area contributed by atoms with E-state index in [-0.39, 0.29) is 39.4 Å². The van der Waals surface area contributed by atoms with Crippen LogP contribution in [0.15, 0.2) is 78.0 Å². The number of fused-ring (bicyclic) bond motifs is 1. The maximum absolute atomic E-state index is 13.7. The Kier molecular flexibility index (Phi) is 13.9. The second-order valence-corrected chi connectivity index (χ2v) is 21.0. The summed E-state index contributed by atoms with van der Waals surface area (Å²) in [5, 5.41) is 8.74. The highest BCUT2D eigenvalue weighted by Crippen LogP contribution is 2.36. The van der Waals surface area contributed by atoms with E-state index in [0.717, 1.165) is 68.0 Å². The molecule has 4 aromatic rings. The largest absolute Gasteiger partial charge is 0.495 e. The minimum absolute atomic E-state index is 0.171. The zero-order chi connectivity index (χ0) is 46.0. The fraction of sp³-hybridized carbons (Fsp3) is 0.449. The van der Waals surface area contributed by atoms with Gasteiger partial charge in [-0.3, -0.25) is 24.2 Å². The van der Waals surface area contributed by atoms with Crippen LogP contribution in [0.1, 0.15) is 96.2 Å². The predicted octanol–water partition coefficient (Wildman–Crippen LogP) is 8.06. The molecule has 8 rings (SSSR count). The number of methoxy groups -OCH3 is 1. The number of aromatic nitrogens is 2. The Hall–Kier alpha value is -5.35. The molecule has 0 radical (unpaired) electrons. The highest BCUT2D eigenvalue weighted by molar-refractivity contribution is 7.92. The molecule has 5 heterocycles. The first kappa shape index (κ1) is 46.2. The molecule has 1 atom stereocenters. The number of allylic oxidation sites excluding steroid dienone is 1. The third kappa shape index (κ3) is 10.1. The van der Waals surface area contributed by atoms with Crippen molar-refractivity contribution in [3.05, 3.63) is 106 Å².